The van der Waals surface area contributed by atoms with Crippen molar-refractivity contribution in [3.05, 3.63) is 29.3 Å². The van der Waals surface area contributed by atoms with Crippen LogP contribution >= 0.6 is 0 Å². The van der Waals surface area contributed by atoms with E-state index in [-0.39, 0.29) is 11.4 Å². The molecule has 2 rings (SSSR count). The number of piperazine rings is 1. The van der Waals surface area contributed by atoms with E-state index in [0.29, 0.717) is 0 Å². The van der Waals surface area contributed by atoms with Gasteiger partial charge in [0.25, 0.3) is 5.91 Å². The van der Waals surface area contributed by atoms with E-state index >= 15 is 0 Å². The number of nitrogens with one attached hydrogen (secondary N) is 1. The summed E-state index contributed by atoms with van der Waals surface area (Å²) in [5.41, 5.74) is 3.05. The number of hydrogen-bond donors (Lipinski definition) is 1. The van der Waals surface area contributed by atoms with E-state index in [0.717, 1.165) is 43.0 Å². The van der Waals surface area contributed by atoms with Crippen LogP contribution in [0.5, 0.6) is 0 Å². The molecule has 1 heterocycles. The lowest BCUT2D eigenvalue weighted by atomic mass is 9.98. The van der Waals surface area contributed by atoms with Crippen LogP contribution in [-0.4, -0.2) is 54.5 Å². The lowest BCUT2D eigenvalue weighted by Gasteiger charge is -2.45. The normalized spacial score (nSPS) is 18.6. The molecule has 116 valence electrons. The molecule has 0 atom stereocenters. The Hall–Kier alpha value is -1.55. The Labute approximate surface area is 128 Å². The Bertz CT molecular complexity index is 525. The molecule has 0 spiro atoms. The van der Waals surface area contributed by atoms with Gasteiger partial charge in [-0.1, -0.05) is 0 Å². The lowest BCUT2D eigenvalue weighted by Crippen LogP contribution is -2.58. The molecule has 0 radical (unpaired) electrons. The third-order valence-corrected chi connectivity index (χ3v) is 4.44. The van der Waals surface area contributed by atoms with Gasteiger partial charge in [-0.3, -0.25) is 9.69 Å². The molecule has 1 fully saturated rings. The summed E-state index contributed by atoms with van der Waals surface area (Å²) >= 11 is 0. The molecule has 1 aliphatic rings. The lowest BCUT2D eigenvalue weighted by molar-refractivity contribution is 0.0311. The fourth-order valence-corrected chi connectivity index (χ4v) is 2.78. The van der Waals surface area contributed by atoms with Crippen molar-refractivity contribution < 1.29 is 4.79 Å². The summed E-state index contributed by atoms with van der Waals surface area (Å²) in [6.45, 7) is 11.9. The molecule has 1 saturated heterocycles. The number of likely N-dealkylation sites (N-methyl/N-ethyl adjacent to an activating group) is 1. The van der Waals surface area contributed by atoms with Crippen molar-refractivity contribution in [2.75, 3.05) is 38.5 Å². The van der Waals surface area contributed by atoms with Crippen molar-refractivity contribution in [2.24, 2.45) is 0 Å². The SMILES string of the molecule is CCNc1ccc(C(=O)N2CCN(C)C(C)(C)C2)cc1C. The van der Waals surface area contributed by atoms with Crippen molar-refractivity contribution >= 4 is 11.6 Å². The van der Waals surface area contributed by atoms with Gasteiger partial charge in [0.1, 0.15) is 0 Å². The van der Waals surface area contributed by atoms with E-state index in [2.05, 4.69) is 38.0 Å². The first-order valence-electron chi connectivity index (χ1n) is 7.70. The van der Waals surface area contributed by atoms with Crippen LogP contribution in [-0.2, 0) is 0 Å². The number of carbonyl (C=O) groups excluding carboxylic acids is 1. The summed E-state index contributed by atoms with van der Waals surface area (Å²) < 4.78 is 0. The molecule has 1 aliphatic heterocycles. The van der Waals surface area contributed by atoms with E-state index in [1.807, 2.05) is 30.0 Å². The fraction of sp³-hybridized carbons (Fsp3) is 0.588. The first-order chi connectivity index (χ1) is 9.85. The smallest absolute Gasteiger partial charge is 0.253 e. The third-order valence-electron chi connectivity index (χ3n) is 4.44. The summed E-state index contributed by atoms with van der Waals surface area (Å²) in [5, 5.41) is 3.31. The minimum atomic E-state index is 0.0344. The van der Waals surface area contributed by atoms with Gasteiger partial charge in [-0.25, -0.2) is 0 Å². The molecule has 1 aromatic carbocycles. The van der Waals surface area contributed by atoms with Crippen LogP contribution in [0, 0.1) is 6.92 Å². The highest BCUT2D eigenvalue weighted by molar-refractivity contribution is 5.95. The molecule has 0 bridgehead atoms. The van der Waals surface area contributed by atoms with Crippen LogP contribution in [0.4, 0.5) is 5.69 Å². The molecule has 1 amide bonds. The molecule has 4 nitrogen and oxygen atoms in total. The Morgan fingerprint density at radius 2 is 2.05 bits per heavy atom. The van der Waals surface area contributed by atoms with Gasteiger partial charge in [-0.15, -0.1) is 0 Å². The first kappa shape index (κ1) is 15.8. The number of carbonyl (C=O) groups is 1. The Morgan fingerprint density at radius 1 is 1.33 bits per heavy atom. The number of benzene rings is 1. The topological polar surface area (TPSA) is 35.6 Å². The van der Waals surface area contributed by atoms with Crippen LogP contribution in [0.1, 0.15) is 36.7 Å². The summed E-state index contributed by atoms with van der Waals surface area (Å²) in [6.07, 6.45) is 0. The van der Waals surface area contributed by atoms with Crippen LogP contribution in [0.2, 0.25) is 0 Å². The average Bonchev–Trinajstić information content (AvgIpc) is 2.43. The zero-order valence-corrected chi connectivity index (χ0v) is 13.9. The maximum absolute atomic E-state index is 12.7. The van der Waals surface area contributed by atoms with E-state index in [1.54, 1.807) is 0 Å². The Kier molecular flexibility index (Phi) is 4.57. The zero-order chi connectivity index (χ0) is 15.6. The van der Waals surface area contributed by atoms with Crippen molar-refractivity contribution in [2.45, 2.75) is 33.2 Å². The van der Waals surface area contributed by atoms with Crippen molar-refractivity contribution in [3.63, 3.8) is 0 Å². The van der Waals surface area contributed by atoms with Gasteiger partial charge in [-0.2, -0.15) is 0 Å². The molecule has 21 heavy (non-hydrogen) atoms. The second-order valence-electron chi connectivity index (χ2n) is 6.52. The quantitative estimate of drug-likeness (QED) is 0.929. The van der Waals surface area contributed by atoms with Crippen LogP contribution in [0.15, 0.2) is 18.2 Å². The molecule has 0 aromatic heterocycles. The van der Waals surface area contributed by atoms with Crippen LogP contribution < -0.4 is 5.32 Å². The summed E-state index contributed by atoms with van der Waals surface area (Å²) in [4.78, 5) is 17.0. The standard InChI is InChI=1S/C17H27N3O/c1-6-18-15-8-7-14(11-13(15)2)16(21)20-10-9-19(5)17(3,4)12-20/h7-8,11,18H,6,9-10,12H2,1-5H3. The predicted molar refractivity (Wildman–Crippen MR) is 88.0 cm³/mol. The van der Waals surface area contributed by atoms with Crippen molar-refractivity contribution in [1.82, 2.24) is 9.80 Å². The van der Waals surface area contributed by atoms with Gasteiger partial charge in [0.05, 0.1) is 0 Å². The molecule has 1 aromatic rings. The van der Waals surface area contributed by atoms with Crippen LogP contribution in [0.25, 0.3) is 0 Å². The monoisotopic (exact) mass is 289 g/mol. The number of amides is 1. The molecular formula is C17H27N3O. The number of nitrogens with zero attached hydrogens (tertiary/aromatic N) is 2. The Morgan fingerprint density at radius 3 is 2.62 bits per heavy atom. The molecule has 0 aliphatic carbocycles. The number of anilines is 1. The van der Waals surface area contributed by atoms with Crippen LogP contribution in [0.3, 0.4) is 0 Å². The average molecular weight is 289 g/mol. The summed E-state index contributed by atoms with van der Waals surface area (Å²) in [6, 6.07) is 5.93. The fourth-order valence-electron chi connectivity index (χ4n) is 2.78. The maximum Gasteiger partial charge on any atom is 0.253 e. The van der Waals surface area contributed by atoms with Gasteiger partial charge >= 0.3 is 0 Å². The van der Waals surface area contributed by atoms with Gasteiger partial charge in [0.15, 0.2) is 0 Å². The third kappa shape index (κ3) is 3.38. The van der Waals surface area contributed by atoms with Crippen molar-refractivity contribution in [3.8, 4) is 0 Å². The van der Waals surface area contributed by atoms with E-state index < -0.39 is 0 Å². The van der Waals surface area contributed by atoms with Gasteiger partial charge < -0.3 is 10.2 Å². The second-order valence-corrected chi connectivity index (χ2v) is 6.52. The number of aryl methyl sites for hydroxylation is 1. The van der Waals surface area contributed by atoms with Crippen molar-refractivity contribution in [1.29, 1.82) is 0 Å². The zero-order valence-electron chi connectivity index (χ0n) is 13.9. The molecule has 0 unspecified atom stereocenters. The minimum absolute atomic E-state index is 0.0344. The summed E-state index contributed by atoms with van der Waals surface area (Å²) in [7, 11) is 2.12. The largest absolute Gasteiger partial charge is 0.385 e. The minimum Gasteiger partial charge on any atom is -0.385 e. The maximum atomic E-state index is 12.7. The summed E-state index contributed by atoms with van der Waals surface area (Å²) in [5.74, 6) is 0.141. The predicted octanol–water partition coefficient (Wildman–Crippen LogP) is 2.59. The molecule has 1 N–H and O–H groups in total. The van der Waals surface area contributed by atoms with E-state index in [9.17, 15) is 4.79 Å². The second kappa shape index (κ2) is 6.06. The van der Waals surface area contributed by atoms with E-state index in [4.69, 9.17) is 0 Å². The van der Waals surface area contributed by atoms with E-state index in [1.165, 1.54) is 0 Å². The number of hydrogen-bond acceptors (Lipinski definition) is 3. The number of rotatable bonds is 3. The van der Waals surface area contributed by atoms with Gasteiger partial charge in [0, 0.05) is 43.0 Å². The first-order valence-corrected chi connectivity index (χ1v) is 7.70. The highest BCUT2D eigenvalue weighted by Crippen LogP contribution is 2.22. The van der Waals surface area contributed by atoms with Gasteiger partial charge in [0.2, 0.25) is 0 Å². The van der Waals surface area contributed by atoms with Gasteiger partial charge in [-0.05, 0) is 58.5 Å². The highest BCUT2D eigenvalue weighted by atomic mass is 16.2. The molecule has 4 heteroatoms. The molecule has 0 saturated carbocycles. The molecular weight excluding hydrogens is 262 g/mol. The highest BCUT2D eigenvalue weighted by Gasteiger charge is 2.33. The Balaban J connectivity index is 2.15.